The zero-order valence-corrected chi connectivity index (χ0v) is 19.1. The van der Waals surface area contributed by atoms with Gasteiger partial charge < -0.3 is 15.2 Å². The highest BCUT2D eigenvalue weighted by molar-refractivity contribution is 6.36. The van der Waals surface area contributed by atoms with Crippen LogP contribution in [0.5, 0.6) is 5.75 Å². The van der Waals surface area contributed by atoms with Crippen LogP contribution in [0.2, 0.25) is 10.0 Å². The van der Waals surface area contributed by atoms with Crippen molar-refractivity contribution in [3.05, 3.63) is 58.1 Å². The van der Waals surface area contributed by atoms with Crippen LogP contribution in [0.4, 0.5) is 5.69 Å². The molecule has 1 saturated heterocycles. The van der Waals surface area contributed by atoms with Crippen molar-refractivity contribution in [1.29, 1.82) is 0 Å². The van der Waals surface area contributed by atoms with Gasteiger partial charge in [-0.15, -0.1) is 0 Å². The third kappa shape index (κ3) is 4.70. The molecule has 0 aromatic heterocycles. The highest BCUT2D eigenvalue weighted by Gasteiger charge is 2.49. The van der Waals surface area contributed by atoms with Crippen molar-refractivity contribution < 1.29 is 14.6 Å². The predicted octanol–water partition coefficient (Wildman–Crippen LogP) is 5.31. The molecule has 0 radical (unpaired) electrons. The number of methoxy groups -OCH3 is 1. The normalized spacial score (nSPS) is 26.2. The summed E-state index contributed by atoms with van der Waals surface area (Å²) in [5.41, 5.74) is 0.861. The zero-order valence-electron chi connectivity index (χ0n) is 17.6. The molecule has 2 fully saturated rings. The molecular weight excluding hydrogens is 435 g/mol. The van der Waals surface area contributed by atoms with E-state index >= 15 is 0 Å². The largest absolute Gasteiger partial charge is 0.496 e. The van der Waals surface area contributed by atoms with Gasteiger partial charge in [-0.1, -0.05) is 54.2 Å². The summed E-state index contributed by atoms with van der Waals surface area (Å²) in [6.45, 7) is 0.839. The van der Waals surface area contributed by atoms with E-state index in [0.29, 0.717) is 28.7 Å². The number of piperidine rings is 1. The number of amides is 1. The van der Waals surface area contributed by atoms with Crippen LogP contribution >= 0.6 is 23.2 Å². The molecule has 1 saturated carbocycles. The monoisotopic (exact) mass is 462 g/mol. The maximum Gasteiger partial charge on any atom is 0.238 e. The van der Waals surface area contributed by atoms with Gasteiger partial charge >= 0.3 is 0 Å². The van der Waals surface area contributed by atoms with Crippen LogP contribution in [-0.2, 0) is 4.79 Å². The first kappa shape index (κ1) is 22.4. The first-order valence-corrected chi connectivity index (χ1v) is 11.5. The van der Waals surface area contributed by atoms with E-state index in [-0.39, 0.29) is 24.4 Å². The number of halogens is 2. The summed E-state index contributed by atoms with van der Waals surface area (Å²) in [5.74, 6) is 0.692. The summed E-state index contributed by atoms with van der Waals surface area (Å²) >= 11 is 12.2. The minimum Gasteiger partial charge on any atom is -0.496 e. The Morgan fingerprint density at radius 1 is 1.23 bits per heavy atom. The topological polar surface area (TPSA) is 61.8 Å². The predicted molar refractivity (Wildman–Crippen MR) is 124 cm³/mol. The fourth-order valence-electron chi connectivity index (χ4n) is 5.21. The molecule has 166 valence electrons. The van der Waals surface area contributed by atoms with Crippen molar-refractivity contribution in [2.45, 2.75) is 43.7 Å². The second kappa shape index (κ2) is 9.37. The Morgan fingerprint density at radius 3 is 2.81 bits per heavy atom. The standard InChI is InChI=1S/C24H28Cl2N2O3/c1-31-21-8-3-2-6-17(21)23-18-7-4-5-11-24(18,30)12-13-28(23)15-22(29)27-20-10-9-16(25)14-19(20)26/h2-3,6,8-10,14,18,23,30H,4-5,7,11-13,15H2,1H3,(H,27,29)/t18-,23-,24-/m1/s1. The van der Waals surface area contributed by atoms with Crippen LogP contribution in [-0.4, -0.2) is 41.7 Å². The van der Waals surface area contributed by atoms with Gasteiger partial charge in [0.2, 0.25) is 5.91 Å². The van der Waals surface area contributed by atoms with E-state index in [4.69, 9.17) is 27.9 Å². The van der Waals surface area contributed by atoms with Crippen LogP contribution in [0.3, 0.4) is 0 Å². The Kier molecular flexibility index (Phi) is 6.77. The number of nitrogens with zero attached hydrogens (tertiary/aromatic N) is 1. The molecule has 31 heavy (non-hydrogen) atoms. The van der Waals surface area contributed by atoms with Crippen LogP contribution in [0.15, 0.2) is 42.5 Å². The molecule has 0 unspecified atom stereocenters. The number of benzene rings is 2. The number of carbonyl (C=O) groups is 1. The van der Waals surface area contributed by atoms with E-state index in [0.717, 1.165) is 37.0 Å². The van der Waals surface area contributed by atoms with Crippen molar-refractivity contribution in [3.8, 4) is 5.75 Å². The molecule has 2 aromatic rings. The number of carbonyl (C=O) groups excluding carboxylic acids is 1. The second-order valence-corrected chi connectivity index (χ2v) is 9.38. The van der Waals surface area contributed by atoms with Gasteiger partial charge in [-0.3, -0.25) is 9.69 Å². The molecule has 2 N–H and O–H groups in total. The summed E-state index contributed by atoms with van der Waals surface area (Å²) in [6.07, 6.45) is 4.53. The Morgan fingerprint density at radius 2 is 2.03 bits per heavy atom. The van der Waals surface area contributed by atoms with Crippen LogP contribution in [0, 0.1) is 5.92 Å². The van der Waals surface area contributed by atoms with Crippen molar-refractivity contribution in [2.24, 2.45) is 5.92 Å². The molecule has 2 aliphatic rings. The van der Waals surface area contributed by atoms with Gasteiger partial charge in [-0.25, -0.2) is 0 Å². The van der Waals surface area contributed by atoms with E-state index < -0.39 is 5.60 Å². The lowest BCUT2D eigenvalue weighted by Gasteiger charge is -2.52. The molecule has 3 atom stereocenters. The summed E-state index contributed by atoms with van der Waals surface area (Å²) in [6, 6.07) is 12.8. The Bertz CT molecular complexity index is 954. The summed E-state index contributed by atoms with van der Waals surface area (Å²) in [4.78, 5) is 15.1. The van der Waals surface area contributed by atoms with Crippen molar-refractivity contribution in [1.82, 2.24) is 4.90 Å². The zero-order chi connectivity index (χ0) is 22.0. The van der Waals surface area contributed by atoms with Gasteiger partial charge in [0, 0.05) is 29.1 Å². The van der Waals surface area contributed by atoms with E-state index in [1.165, 1.54) is 0 Å². The average molecular weight is 463 g/mol. The van der Waals surface area contributed by atoms with Gasteiger partial charge in [-0.2, -0.15) is 0 Å². The Balaban J connectivity index is 1.61. The highest BCUT2D eigenvalue weighted by Crippen LogP contribution is 2.50. The molecule has 4 rings (SSSR count). The van der Waals surface area contributed by atoms with Crippen molar-refractivity contribution in [2.75, 3.05) is 25.5 Å². The first-order chi connectivity index (χ1) is 14.9. The number of hydrogen-bond acceptors (Lipinski definition) is 4. The molecule has 5 nitrogen and oxygen atoms in total. The first-order valence-electron chi connectivity index (χ1n) is 10.8. The number of fused-ring (bicyclic) bond motifs is 1. The van der Waals surface area contributed by atoms with Gasteiger partial charge in [-0.05, 0) is 43.5 Å². The molecule has 2 aromatic carbocycles. The van der Waals surface area contributed by atoms with Gasteiger partial charge in [0.05, 0.1) is 30.0 Å². The molecule has 0 bridgehead atoms. The van der Waals surface area contributed by atoms with Crippen LogP contribution < -0.4 is 10.1 Å². The molecular formula is C24H28Cl2N2O3. The number of likely N-dealkylation sites (tertiary alicyclic amines) is 1. The summed E-state index contributed by atoms with van der Waals surface area (Å²) < 4.78 is 5.65. The SMILES string of the molecule is COc1ccccc1[C@@H]1[C@H]2CCCC[C@@]2(O)CCN1CC(=O)Nc1ccc(Cl)cc1Cl. The second-order valence-electron chi connectivity index (χ2n) is 8.54. The number of ether oxygens (including phenoxy) is 1. The minimum atomic E-state index is -0.698. The van der Waals surface area contributed by atoms with Crippen molar-refractivity contribution in [3.63, 3.8) is 0 Å². The lowest BCUT2D eigenvalue weighted by molar-refractivity contribution is -0.135. The minimum absolute atomic E-state index is 0.0539. The number of para-hydroxylation sites is 1. The quantitative estimate of drug-likeness (QED) is 0.631. The fourth-order valence-corrected chi connectivity index (χ4v) is 5.66. The molecule has 1 aliphatic carbocycles. The smallest absolute Gasteiger partial charge is 0.238 e. The van der Waals surface area contributed by atoms with E-state index in [9.17, 15) is 9.90 Å². The van der Waals surface area contributed by atoms with E-state index in [2.05, 4.69) is 10.2 Å². The summed E-state index contributed by atoms with van der Waals surface area (Å²) in [5, 5.41) is 15.3. The Hall–Kier alpha value is -1.79. The molecule has 1 amide bonds. The number of nitrogens with one attached hydrogen (secondary N) is 1. The van der Waals surface area contributed by atoms with Gasteiger partial charge in [0.1, 0.15) is 5.75 Å². The van der Waals surface area contributed by atoms with Crippen LogP contribution in [0.25, 0.3) is 0 Å². The van der Waals surface area contributed by atoms with E-state index in [1.54, 1.807) is 25.3 Å². The average Bonchev–Trinajstić information content (AvgIpc) is 2.75. The maximum absolute atomic E-state index is 13.0. The molecule has 0 spiro atoms. The van der Waals surface area contributed by atoms with Gasteiger partial charge in [0.25, 0.3) is 0 Å². The summed E-state index contributed by atoms with van der Waals surface area (Å²) in [7, 11) is 1.66. The molecule has 1 aliphatic heterocycles. The fraction of sp³-hybridized carbons (Fsp3) is 0.458. The third-order valence-electron chi connectivity index (χ3n) is 6.68. The van der Waals surface area contributed by atoms with E-state index in [1.807, 2.05) is 24.3 Å². The number of hydrogen-bond donors (Lipinski definition) is 2. The van der Waals surface area contributed by atoms with Crippen LogP contribution in [0.1, 0.15) is 43.7 Å². The number of rotatable bonds is 5. The van der Waals surface area contributed by atoms with Crippen molar-refractivity contribution >= 4 is 34.8 Å². The lowest BCUT2D eigenvalue weighted by Crippen LogP contribution is -2.56. The highest BCUT2D eigenvalue weighted by atomic mass is 35.5. The number of anilines is 1. The molecule has 7 heteroatoms. The lowest BCUT2D eigenvalue weighted by atomic mass is 9.66. The number of aliphatic hydroxyl groups is 1. The maximum atomic E-state index is 13.0. The Labute approximate surface area is 193 Å². The molecule has 1 heterocycles. The third-order valence-corrected chi connectivity index (χ3v) is 7.23. The van der Waals surface area contributed by atoms with Gasteiger partial charge in [0.15, 0.2) is 0 Å².